The Balaban J connectivity index is 2.20. The third-order valence-electron chi connectivity index (χ3n) is 4.08. The first-order valence-electron chi connectivity index (χ1n) is 6.89. The summed E-state index contributed by atoms with van der Waals surface area (Å²) in [5.41, 5.74) is 8.03. The number of halogens is 1. The molecule has 3 nitrogen and oxygen atoms in total. The molecule has 2 N–H and O–H groups in total. The van der Waals surface area contributed by atoms with Gasteiger partial charge in [0.15, 0.2) is 0 Å². The van der Waals surface area contributed by atoms with Crippen LogP contribution in [0.25, 0.3) is 0 Å². The second kappa shape index (κ2) is 6.46. The van der Waals surface area contributed by atoms with Crippen molar-refractivity contribution < 1.29 is 9.13 Å². The fourth-order valence-corrected chi connectivity index (χ4v) is 2.83. The van der Waals surface area contributed by atoms with Crippen LogP contribution in [0.3, 0.4) is 0 Å². The number of likely N-dealkylation sites (N-methyl/N-ethyl adjacent to an activating group) is 1. The molecule has 2 rings (SSSR count). The number of rotatable bonds is 4. The standard InChI is InChI=1S/C15H23FN2O/c1-11-3-4-12(16)9-14(11)15(10-17)18(2)13-5-7-19-8-6-13/h3-4,9,13,15H,5-8,10,17H2,1-2H3. The van der Waals surface area contributed by atoms with Gasteiger partial charge in [0.2, 0.25) is 0 Å². The highest BCUT2D eigenvalue weighted by Crippen LogP contribution is 2.27. The van der Waals surface area contributed by atoms with Gasteiger partial charge in [-0.3, -0.25) is 4.90 Å². The van der Waals surface area contributed by atoms with Crippen LogP contribution in [0.5, 0.6) is 0 Å². The van der Waals surface area contributed by atoms with Crippen LogP contribution < -0.4 is 5.73 Å². The molecule has 0 aliphatic carbocycles. The molecule has 0 bridgehead atoms. The van der Waals surface area contributed by atoms with E-state index in [4.69, 9.17) is 10.5 Å². The van der Waals surface area contributed by atoms with Gasteiger partial charge in [-0.1, -0.05) is 6.07 Å². The van der Waals surface area contributed by atoms with E-state index in [9.17, 15) is 4.39 Å². The van der Waals surface area contributed by atoms with Crippen LogP contribution in [0.1, 0.15) is 30.0 Å². The number of hydrogen-bond acceptors (Lipinski definition) is 3. The molecule has 0 radical (unpaired) electrons. The maximum atomic E-state index is 13.5. The van der Waals surface area contributed by atoms with Crippen LogP contribution in [0.4, 0.5) is 4.39 Å². The molecule has 1 aliphatic rings. The minimum atomic E-state index is -0.195. The summed E-state index contributed by atoms with van der Waals surface area (Å²) in [5.74, 6) is -0.195. The van der Waals surface area contributed by atoms with Crippen molar-refractivity contribution in [2.24, 2.45) is 5.73 Å². The van der Waals surface area contributed by atoms with Gasteiger partial charge in [0.05, 0.1) is 0 Å². The van der Waals surface area contributed by atoms with Crippen molar-refractivity contribution in [3.8, 4) is 0 Å². The first-order chi connectivity index (χ1) is 9.13. The molecule has 0 aromatic heterocycles. The van der Waals surface area contributed by atoms with Crippen LogP contribution in [-0.2, 0) is 4.74 Å². The Hall–Kier alpha value is -0.970. The largest absolute Gasteiger partial charge is 0.381 e. The first-order valence-corrected chi connectivity index (χ1v) is 6.89. The summed E-state index contributed by atoms with van der Waals surface area (Å²) in [5, 5.41) is 0. The SMILES string of the molecule is Cc1ccc(F)cc1C(CN)N(C)C1CCOCC1. The number of hydrogen-bond donors (Lipinski definition) is 1. The summed E-state index contributed by atoms with van der Waals surface area (Å²) < 4.78 is 18.9. The molecule has 1 aromatic carbocycles. The zero-order valence-corrected chi connectivity index (χ0v) is 11.7. The lowest BCUT2D eigenvalue weighted by Gasteiger charge is -2.37. The Labute approximate surface area is 114 Å². The molecule has 19 heavy (non-hydrogen) atoms. The number of ether oxygens (including phenoxy) is 1. The van der Waals surface area contributed by atoms with Gasteiger partial charge in [0.25, 0.3) is 0 Å². The van der Waals surface area contributed by atoms with E-state index in [1.165, 1.54) is 6.07 Å². The van der Waals surface area contributed by atoms with Gasteiger partial charge in [-0.15, -0.1) is 0 Å². The summed E-state index contributed by atoms with van der Waals surface area (Å²) in [4.78, 5) is 2.28. The van der Waals surface area contributed by atoms with Crippen LogP contribution in [0.2, 0.25) is 0 Å². The van der Waals surface area contributed by atoms with Crippen LogP contribution >= 0.6 is 0 Å². The van der Waals surface area contributed by atoms with Gasteiger partial charge in [-0.05, 0) is 50.1 Å². The van der Waals surface area contributed by atoms with Crippen molar-refractivity contribution >= 4 is 0 Å². The summed E-state index contributed by atoms with van der Waals surface area (Å²) >= 11 is 0. The quantitative estimate of drug-likeness (QED) is 0.908. The lowest BCUT2D eigenvalue weighted by molar-refractivity contribution is 0.0292. The molecule has 0 spiro atoms. The number of aryl methyl sites for hydroxylation is 1. The van der Waals surface area contributed by atoms with Crippen molar-refractivity contribution in [1.29, 1.82) is 0 Å². The predicted octanol–water partition coefficient (Wildman–Crippen LogP) is 2.24. The van der Waals surface area contributed by atoms with E-state index in [0.717, 1.165) is 37.2 Å². The first kappa shape index (κ1) is 14.4. The molecule has 1 unspecified atom stereocenters. The molecule has 1 atom stereocenters. The van der Waals surface area contributed by atoms with E-state index in [1.807, 2.05) is 13.0 Å². The molecule has 1 heterocycles. The lowest BCUT2D eigenvalue weighted by Crippen LogP contribution is -2.41. The highest BCUT2D eigenvalue weighted by molar-refractivity contribution is 5.30. The molecule has 0 saturated carbocycles. The zero-order valence-electron chi connectivity index (χ0n) is 11.7. The average Bonchev–Trinajstić information content (AvgIpc) is 2.44. The second-order valence-corrected chi connectivity index (χ2v) is 5.26. The Kier molecular flexibility index (Phi) is 4.91. The Morgan fingerprint density at radius 3 is 2.74 bits per heavy atom. The van der Waals surface area contributed by atoms with Crippen LogP contribution in [0.15, 0.2) is 18.2 Å². The molecule has 1 fully saturated rings. The van der Waals surface area contributed by atoms with Crippen LogP contribution in [-0.4, -0.2) is 37.7 Å². The molecule has 1 saturated heterocycles. The molecule has 1 aromatic rings. The van der Waals surface area contributed by atoms with E-state index in [0.29, 0.717) is 12.6 Å². The summed E-state index contributed by atoms with van der Waals surface area (Å²) in [6, 6.07) is 5.47. The van der Waals surface area contributed by atoms with Gasteiger partial charge >= 0.3 is 0 Å². The van der Waals surface area contributed by atoms with E-state index < -0.39 is 0 Å². The van der Waals surface area contributed by atoms with Gasteiger partial charge in [-0.25, -0.2) is 4.39 Å². The fraction of sp³-hybridized carbons (Fsp3) is 0.600. The summed E-state index contributed by atoms with van der Waals surface area (Å²) in [6.45, 7) is 4.11. The monoisotopic (exact) mass is 266 g/mol. The highest BCUT2D eigenvalue weighted by Gasteiger charge is 2.26. The average molecular weight is 266 g/mol. The number of benzene rings is 1. The molecular weight excluding hydrogens is 243 g/mol. The van der Waals surface area contributed by atoms with E-state index in [-0.39, 0.29) is 11.9 Å². The minimum absolute atomic E-state index is 0.0683. The smallest absolute Gasteiger partial charge is 0.123 e. The topological polar surface area (TPSA) is 38.5 Å². The van der Waals surface area contributed by atoms with Crippen molar-refractivity contribution in [3.05, 3.63) is 35.1 Å². The highest BCUT2D eigenvalue weighted by atomic mass is 19.1. The molecule has 1 aliphatic heterocycles. The Bertz CT molecular complexity index is 419. The lowest BCUT2D eigenvalue weighted by atomic mass is 9.97. The normalized spacial score (nSPS) is 18.8. The molecule has 0 amide bonds. The summed E-state index contributed by atoms with van der Waals surface area (Å²) in [7, 11) is 2.08. The molecular formula is C15H23FN2O. The van der Waals surface area contributed by atoms with Gasteiger partial charge in [0.1, 0.15) is 5.82 Å². The van der Waals surface area contributed by atoms with Gasteiger partial charge in [-0.2, -0.15) is 0 Å². The van der Waals surface area contributed by atoms with Crippen molar-refractivity contribution in [2.45, 2.75) is 31.8 Å². The van der Waals surface area contributed by atoms with Crippen molar-refractivity contribution in [2.75, 3.05) is 26.8 Å². The minimum Gasteiger partial charge on any atom is -0.381 e. The summed E-state index contributed by atoms with van der Waals surface area (Å²) in [6.07, 6.45) is 2.03. The van der Waals surface area contributed by atoms with E-state index in [1.54, 1.807) is 6.07 Å². The van der Waals surface area contributed by atoms with Crippen molar-refractivity contribution in [1.82, 2.24) is 4.90 Å². The number of nitrogens with zero attached hydrogens (tertiary/aromatic N) is 1. The third kappa shape index (κ3) is 3.32. The maximum Gasteiger partial charge on any atom is 0.123 e. The predicted molar refractivity (Wildman–Crippen MR) is 74.5 cm³/mol. The van der Waals surface area contributed by atoms with E-state index >= 15 is 0 Å². The molecule has 106 valence electrons. The maximum absolute atomic E-state index is 13.5. The van der Waals surface area contributed by atoms with Crippen molar-refractivity contribution in [3.63, 3.8) is 0 Å². The zero-order chi connectivity index (χ0) is 13.8. The molecule has 4 heteroatoms. The Morgan fingerprint density at radius 2 is 2.11 bits per heavy atom. The fourth-order valence-electron chi connectivity index (χ4n) is 2.83. The van der Waals surface area contributed by atoms with Gasteiger partial charge < -0.3 is 10.5 Å². The Morgan fingerprint density at radius 1 is 1.42 bits per heavy atom. The van der Waals surface area contributed by atoms with Gasteiger partial charge in [0, 0.05) is 31.8 Å². The second-order valence-electron chi connectivity index (χ2n) is 5.26. The third-order valence-corrected chi connectivity index (χ3v) is 4.08. The van der Waals surface area contributed by atoms with E-state index in [2.05, 4.69) is 11.9 Å². The number of nitrogens with two attached hydrogens (primary N) is 1. The van der Waals surface area contributed by atoms with Crippen LogP contribution in [0, 0.1) is 12.7 Å².